The summed E-state index contributed by atoms with van der Waals surface area (Å²) in [4.78, 5) is 4.30. The van der Waals surface area contributed by atoms with Crippen LogP contribution in [0.4, 0.5) is 27.6 Å². The van der Waals surface area contributed by atoms with E-state index in [0.717, 1.165) is 5.56 Å². The first kappa shape index (κ1) is 20.3. The van der Waals surface area contributed by atoms with Crippen LogP contribution in [0, 0.1) is 29.1 Å². The highest BCUT2D eigenvalue weighted by molar-refractivity contribution is 5.87. The van der Waals surface area contributed by atoms with E-state index in [0.29, 0.717) is 11.3 Å². The molecule has 0 unspecified atom stereocenters. The van der Waals surface area contributed by atoms with Gasteiger partial charge in [0.1, 0.15) is 17.6 Å². The average molecular weight is 428 g/mol. The van der Waals surface area contributed by atoms with Gasteiger partial charge in [0.05, 0.1) is 5.70 Å². The highest BCUT2D eigenvalue weighted by Crippen LogP contribution is 2.31. The summed E-state index contributed by atoms with van der Waals surface area (Å²) < 4.78 is 74.4. The summed E-state index contributed by atoms with van der Waals surface area (Å²) in [6, 6.07) is 17.3. The van der Waals surface area contributed by atoms with Crippen LogP contribution in [-0.2, 0) is 0 Å². The minimum absolute atomic E-state index is 0.0188. The van der Waals surface area contributed by atoms with Crippen LogP contribution >= 0.6 is 0 Å². The molecule has 0 aliphatic heterocycles. The van der Waals surface area contributed by atoms with Crippen LogP contribution in [0.15, 0.2) is 71.3 Å². The fourth-order valence-electron chi connectivity index (χ4n) is 2.88. The summed E-state index contributed by atoms with van der Waals surface area (Å²) >= 11 is 0. The van der Waals surface area contributed by atoms with Crippen LogP contribution in [-0.4, -0.2) is 4.98 Å². The molecule has 1 N–H and O–H groups in total. The lowest BCUT2D eigenvalue weighted by Crippen LogP contribution is -2.09. The zero-order valence-corrected chi connectivity index (χ0v) is 15.7. The number of benzene rings is 3. The van der Waals surface area contributed by atoms with Crippen molar-refractivity contribution in [1.82, 2.24) is 4.98 Å². The molecule has 0 spiro atoms. The minimum atomic E-state index is -2.23. The van der Waals surface area contributed by atoms with Crippen LogP contribution in [0.3, 0.4) is 0 Å². The summed E-state index contributed by atoms with van der Waals surface area (Å²) in [5.41, 5.74) is 0.535. The smallest absolute Gasteiger partial charge is 0.221 e. The zero-order valence-electron chi connectivity index (χ0n) is 15.7. The van der Waals surface area contributed by atoms with Crippen molar-refractivity contribution in [2.45, 2.75) is 0 Å². The van der Waals surface area contributed by atoms with E-state index in [2.05, 4.69) is 10.3 Å². The molecule has 0 aliphatic rings. The van der Waals surface area contributed by atoms with Crippen molar-refractivity contribution in [1.29, 1.82) is 0 Å². The molecule has 0 saturated carbocycles. The van der Waals surface area contributed by atoms with Gasteiger partial charge in [0, 0.05) is 11.6 Å². The van der Waals surface area contributed by atoms with Crippen LogP contribution in [0.25, 0.3) is 23.0 Å². The largest absolute Gasteiger partial charge is 0.444 e. The van der Waals surface area contributed by atoms with Crippen molar-refractivity contribution in [3.05, 3.63) is 107 Å². The highest BCUT2D eigenvalue weighted by atomic mass is 19.2. The van der Waals surface area contributed by atoms with Gasteiger partial charge in [-0.3, -0.25) is 0 Å². The Balaban J connectivity index is 1.78. The molecule has 4 aromatic rings. The molecule has 4 rings (SSSR count). The Hall–Kier alpha value is -3.94. The molecule has 1 heterocycles. The lowest BCUT2D eigenvalue weighted by Gasteiger charge is -2.14. The highest BCUT2D eigenvalue weighted by Gasteiger charge is 2.26. The van der Waals surface area contributed by atoms with Crippen molar-refractivity contribution >= 4 is 17.5 Å². The molecule has 0 aliphatic carbocycles. The predicted octanol–water partition coefficient (Wildman–Crippen LogP) is 6.65. The van der Waals surface area contributed by atoms with Crippen LogP contribution in [0.5, 0.6) is 0 Å². The molecule has 0 bridgehead atoms. The maximum absolute atomic E-state index is 14.2. The van der Waals surface area contributed by atoms with Gasteiger partial charge in [-0.05, 0) is 5.56 Å². The molecule has 0 atom stereocenters. The van der Waals surface area contributed by atoms with Crippen molar-refractivity contribution < 1.29 is 26.4 Å². The first-order valence-electron chi connectivity index (χ1n) is 9.02. The Bertz CT molecular complexity index is 1220. The average Bonchev–Trinajstić information content (AvgIpc) is 3.28. The number of nitrogens with one attached hydrogen (secondary N) is 1. The molecule has 156 valence electrons. The normalized spacial score (nSPS) is 11.6. The second-order valence-electron chi connectivity index (χ2n) is 6.43. The Morgan fingerprint density at radius 2 is 1.29 bits per heavy atom. The summed E-state index contributed by atoms with van der Waals surface area (Å²) in [6.07, 6.45) is 2.70. The van der Waals surface area contributed by atoms with E-state index in [1.807, 2.05) is 30.3 Å². The van der Waals surface area contributed by atoms with Gasteiger partial charge in [0.15, 0.2) is 23.3 Å². The third kappa shape index (κ3) is 4.05. The quantitative estimate of drug-likeness (QED) is 0.220. The Labute approximate surface area is 173 Å². The summed E-state index contributed by atoms with van der Waals surface area (Å²) in [5.74, 6) is -10.2. The Morgan fingerprint density at radius 3 is 1.90 bits per heavy atom. The van der Waals surface area contributed by atoms with Gasteiger partial charge in [-0.15, -0.1) is 0 Å². The summed E-state index contributed by atoms with van der Waals surface area (Å²) in [6.45, 7) is 0. The number of nitrogens with zero attached hydrogens (tertiary/aromatic N) is 1. The van der Waals surface area contributed by atoms with Gasteiger partial charge >= 0.3 is 0 Å². The Morgan fingerprint density at radius 1 is 0.742 bits per heavy atom. The molecule has 3 nitrogen and oxygen atoms in total. The topological polar surface area (TPSA) is 38.1 Å². The number of aromatic nitrogens is 1. The monoisotopic (exact) mass is 428 g/mol. The van der Waals surface area contributed by atoms with E-state index in [4.69, 9.17) is 4.42 Å². The third-order valence-electron chi connectivity index (χ3n) is 4.41. The fraction of sp³-hybridized carbons (Fsp3) is 0. The standard InChI is InChI=1S/C23H13F5N2O/c24-18-19(25)21(27)23(22(28)20(18)26)30-15(13-7-3-1-4-8-13)11-17-29-16(12-31-17)14-9-5-2-6-10-14/h1-12,30H. The van der Waals surface area contributed by atoms with Crippen molar-refractivity contribution in [2.24, 2.45) is 0 Å². The van der Waals surface area contributed by atoms with E-state index in [9.17, 15) is 22.0 Å². The predicted molar refractivity (Wildman–Crippen MR) is 106 cm³/mol. The van der Waals surface area contributed by atoms with Crippen LogP contribution in [0.2, 0.25) is 0 Å². The molecule has 0 saturated heterocycles. The maximum atomic E-state index is 14.2. The van der Waals surface area contributed by atoms with Gasteiger partial charge in [-0.1, -0.05) is 60.7 Å². The van der Waals surface area contributed by atoms with Gasteiger partial charge in [-0.2, -0.15) is 0 Å². The van der Waals surface area contributed by atoms with E-state index >= 15 is 0 Å². The van der Waals surface area contributed by atoms with Gasteiger partial charge < -0.3 is 9.73 Å². The maximum Gasteiger partial charge on any atom is 0.221 e. The SMILES string of the molecule is Fc1c(F)c(F)c(NC(=Cc2nc(-c3ccccc3)co2)c2ccccc2)c(F)c1F. The third-order valence-corrected chi connectivity index (χ3v) is 4.41. The first-order valence-corrected chi connectivity index (χ1v) is 9.02. The molecule has 3 aromatic carbocycles. The number of hydrogen-bond acceptors (Lipinski definition) is 3. The lowest BCUT2D eigenvalue weighted by atomic mass is 10.1. The second-order valence-corrected chi connectivity index (χ2v) is 6.43. The van der Waals surface area contributed by atoms with E-state index in [1.165, 1.54) is 12.3 Å². The number of halogens is 5. The molecule has 1 aromatic heterocycles. The van der Waals surface area contributed by atoms with E-state index in [-0.39, 0.29) is 11.6 Å². The van der Waals surface area contributed by atoms with Crippen molar-refractivity contribution in [2.75, 3.05) is 5.32 Å². The van der Waals surface area contributed by atoms with Crippen molar-refractivity contribution in [3.8, 4) is 11.3 Å². The minimum Gasteiger partial charge on any atom is -0.444 e. The van der Waals surface area contributed by atoms with E-state index < -0.39 is 34.8 Å². The molecule has 0 radical (unpaired) electrons. The molecule has 8 heteroatoms. The van der Waals surface area contributed by atoms with Gasteiger partial charge in [0.2, 0.25) is 11.7 Å². The number of anilines is 1. The fourth-order valence-corrected chi connectivity index (χ4v) is 2.88. The van der Waals surface area contributed by atoms with Gasteiger partial charge in [0.25, 0.3) is 0 Å². The summed E-state index contributed by atoms with van der Waals surface area (Å²) in [7, 11) is 0. The number of rotatable bonds is 5. The van der Waals surface area contributed by atoms with Crippen LogP contribution < -0.4 is 5.32 Å². The molecular formula is C23H13F5N2O. The lowest BCUT2D eigenvalue weighted by molar-refractivity contribution is 0.382. The molecule has 0 fully saturated rings. The Kier molecular flexibility index (Phi) is 5.53. The number of oxazole rings is 1. The van der Waals surface area contributed by atoms with Crippen LogP contribution in [0.1, 0.15) is 11.5 Å². The zero-order chi connectivity index (χ0) is 22.0. The molecule has 31 heavy (non-hydrogen) atoms. The summed E-state index contributed by atoms with van der Waals surface area (Å²) in [5, 5.41) is 2.30. The van der Waals surface area contributed by atoms with Crippen molar-refractivity contribution in [3.63, 3.8) is 0 Å². The molecule has 0 amide bonds. The second kappa shape index (κ2) is 8.43. The van der Waals surface area contributed by atoms with E-state index in [1.54, 1.807) is 30.3 Å². The number of hydrogen-bond donors (Lipinski definition) is 1. The molecular weight excluding hydrogens is 415 g/mol. The first-order chi connectivity index (χ1) is 15.0. The van der Waals surface area contributed by atoms with Gasteiger partial charge in [-0.25, -0.2) is 26.9 Å².